The van der Waals surface area contributed by atoms with E-state index in [1.165, 1.54) is 0 Å². The molecule has 1 N–H and O–H groups in total. The maximum absolute atomic E-state index is 10.6. The molecule has 0 amide bonds. The van der Waals surface area contributed by atoms with Crippen LogP contribution >= 0.6 is 0 Å². The van der Waals surface area contributed by atoms with Gasteiger partial charge in [0.25, 0.3) is 0 Å². The molecule has 2 rings (SSSR count). The van der Waals surface area contributed by atoms with Gasteiger partial charge in [-0.15, -0.1) is 0 Å². The van der Waals surface area contributed by atoms with Gasteiger partial charge in [0, 0.05) is 0 Å². The van der Waals surface area contributed by atoms with Crippen molar-refractivity contribution in [1.82, 2.24) is 0 Å². The third kappa shape index (κ3) is 5.85. The molecule has 18 heavy (non-hydrogen) atoms. The molecular formula is C15H18FeO2. The van der Waals surface area contributed by atoms with Crippen LogP contribution in [0, 0.1) is 0 Å². The van der Waals surface area contributed by atoms with E-state index in [0.29, 0.717) is 5.57 Å². The molecule has 1 aliphatic rings. The van der Waals surface area contributed by atoms with Crippen LogP contribution in [-0.4, -0.2) is 5.11 Å². The molecule has 0 aromatic heterocycles. The second kappa shape index (κ2) is 9.69. The van der Waals surface area contributed by atoms with Crippen LogP contribution in [0.1, 0.15) is 26.2 Å². The van der Waals surface area contributed by atoms with E-state index in [1.807, 2.05) is 36.4 Å². The first kappa shape index (κ1) is 16.7. The Morgan fingerprint density at radius 1 is 1.33 bits per heavy atom. The van der Waals surface area contributed by atoms with E-state index >= 15 is 0 Å². The van der Waals surface area contributed by atoms with Gasteiger partial charge in [0.2, 0.25) is 0 Å². The van der Waals surface area contributed by atoms with Crippen LogP contribution in [0.3, 0.4) is 0 Å². The Hall–Kier alpha value is -1.31. The normalized spacial score (nSPS) is 15.3. The molecule has 98 valence electrons. The van der Waals surface area contributed by atoms with E-state index in [4.69, 9.17) is 5.11 Å². The van der Waals surface area contributed by atoms with Gasteiger partial charge >= 0.3 is 17.1 Å². The molecule has 1 aromatic carbocycles. The molecule has 0 saturated carbocycles. The Labute approximate surface area is 119 Å². The number of allylic oxidation sites excluding steroid dienone is 5. The van der Waals surface area contributed by atoms with Crippen LogP contribution in [0.5, 0.6) is 0 Å². The first-order chi connectivity index (χ1) is 8.25. The van der Waals surface area contributed by atoms with Crippen LogP contribution in [0.4, 0.5) is 0 Å². The zero-order valence-electron chi connectivity index (χ0n) is 10.4. The second-order valence-corrected chi connectivity index (χ2v) is 3.84. The summed E-state index contributed by atoms with van der Waals surface area (Å²) < 4.78 is 0. The van der Waals surface area contributed by atoms with Gasteiger partial charge in [-0.2, -0.15) is 18.2 Å². The zero-order valence-corrected chi connectivity index (χ0v) is 11.6. The monoisotopic (exact) mass is 286 g/mol. The quantitative estimate of drug-likeness (QED) is 0.527. The maximum Gasteiger partial charge on any atom is 2.00 e. The van der Waals surface area contributed by atoms with E-state index in [1.54, 1.807) is 12.2 Å². The van der Waals surface area contributed by atoms with Gasteiger partial charge in [-0.25, -0.2) is 12.1 Å². The predicted molar refractivity (Wildman–Crippen MR) is 68.4 cm³/mol. The van der Waals surface area contributed by atoms with Crippen LogP contribution in [0.15, 0.2) is 65.7 Å². The van der Waals surface area contributed by atoms with Gasteiger partial charge in [-0.05, 0) is 24.0 Å². The van der Waals surface area contributed by atoms with Crippen molar-refractivity contribution < 1.29 is 27.3 Å². The molecule has 1 aromatic rings. The first-order valence-electron chi connectivity index (χ1n) is 5.90. The van der Waals surface area contributed by atoms with Gasteiger partial charge in [0.15, 0.2) is 0 Å². The van der Waals surface area contributed by atoms with Gasteiger partial charge in [0.05, 0.1) is 5.95 Å². The third-order valence-corrected chi connectivity index (χ3v) is 2.49. The molecule has 0 saturated heterocycles. The minimum Gasteiger partial charge on any atom is -0.629 e. The SMILES string of the molecule is CCCCC1=CC=CC1=C([O-])O.[Fe+2].c1cc[cH-]c1. The molecule has 0 spiro atoms. The smallest absolute Gasteiger partial charge is 0.629 e. The topological polar surface area (TPSA) is 43.3 Å². The molecule has 0 fully saturated rings. The third-order valence-electron chi connectivity index (χ3n) is 2.49. The summed E-state index contributed by atoms with van der Waals surface area (Å²) in [5, 5.41) is 19.4. The molecular weight excluding hydrogens is 268 g/mol. The average Bonchev–Trinajstić information content (AvgIpc) is 2.99. The number of unbranched alkanes of at least 4 members (excludes halogenated alkanes) is 1. The zero-order chi connectivity index (χ0) is 12.5. The summed E-state index contributed by atoms with van der Waals surface area (Å²) in [5.41, 5.74) is 1.42. The Balaban J connectivity index is 0.000000405. The van der Waals surface area contributed by atoms with Crippen molar-refractivity contribution in [2.75, 3.05) is 0 Å². The van der Waals surface area contributed by atoms with Gasteiger partial charge in [0.1, 0.15) is 0 Å². The van der Waals surface area contributed by atoms with Crippen molar-refractivity contribution in [2.45, 2.75) is 26.2 Å². The number of hydrogen-bond donors (Lipinski definition) is 1. The fourth-order valence-electron chi connectivity index (χ4n) is 1.57. The summed E-state index contributed by atoms with van der Waals surface area (Å²) in [6.07, 6.45) is 8.39. The molecule has 0 radical (unpaired) electrons. The van der Waals surface area contributed by atoms with Crippen molar-refractivity contribution in [3.63, 3.8) is 0 Å². The van der Waals surface area contributed by atoms with Crippen LogP contribution in [-0.2, 0) is 17.1 Å². The minimum atomic E-state index is -0.814. The fraction of sp³-hybridized carbons (Fsp3) is 0.267. The maximum atomic E-state index is 10.6. The van der Waals surface area contributed by atoms with Crippen LogP contribution in [0.25, 0.3) is 0 Å². The average molecular weight is 286 g/mol. The largest absolute Gasteiger partial charge is 2.00 e. The van der Waals surface area contributed by atoms with Gasteiger partial charge in [-0.3, -0.25) is 0 Å². The standard InChI is InChI=1S/C10H14O2.C5H5.Fe/c1-2-3-5-8-6-4-7-9(8)10(11)12;1-2-4-5-3-1;/h4,6-7,11-12H,2-3,5H2,1H3;1-5H;/q;-1;+2/p-1. The first-order valence-corrected chi connectivity index (χ1v) is 5.90. The summed E-state index contributed by atoms with van der Waals surface area (Å²) in [4.78, 5) is 0. The van der Waals surface area contributed by atoms with Crippen LogP contribution < -0.4 is 5.11 Å². The van der Waals surface area contributed by atoms with Crippen molar-refractivity contribution in [3.8, 4) is 0 Å². The summed E-state index contributed by atoms with van der Waals surface area (Å²) >= 11 is 0. The minimum absolute atomic E-state index is 0. The summed E-state index contributed by atoms with van der Waals surface area (Å²) in [6.45, 7) is 2.10. The van der Waals surface area contributed by atoms with Gasteiger partial charge in [-0.1, -0.05) is 31.6 Å². The molecule has 0 atom stereocenters. The summed E-state index contributed by atoms with van der Waals surface area (Å²) in [6, 6.07) is 10.0. The molecule has 0 bridgehead atoms. The van der Waals surface area contributed by atoms with Crippen molar-refractivity contribution in [1.29, 1.82) is 0 Å². The van der Waals surface area contributed by atoms with E-state index < -0.39 is 5.95 Å². The number of rotatable bonds is 3. The summed E-state index contributed by atoms with van der Waals surface area (Å²) in [5.74, 6) is -0.814. The van der Waals surface area contributed by atoms with E-state index in [-0.39, 0.29) is 17.1 Å². The molecule has 1 aliphatic carbocycles. The number of aliphatic hydroxyl groups excluding tert-OH is 1. The molecule has 2 nitrogen and oxygen atoms in total. The Bertz CT molecular complexity index is 379. The van der Waals surface area contributed by atoms with Crippen LogP contribution in [0.2, 0.25) is 0 Å². The Morgan fingerprint density at radius 3 is 2.44 bits per heavy atom. The molecule has 0 unspecified atom stereocenters. The fourth-order valence-corrected chi connectivity index (χ4v) is 1.57. The van der Waals surface area contributed by atoms with Gasteiger partial charge < -0.3 is 10.2 Å². The summed E-state index contributed by atoms with van der Waals surface area (Å²) in [7, 11) is 0. The molecule has 3 heteroatoms. The molecule has 0 aliphatic heterocycles. The number of hydrogen-bond acceptors (Lipinski definition) is 2. The van der Waals surface area contributed by atoms with E-state index in [9.17, 15) is 5.11 Å². The number of aliphatic hydroxyl groups is 1. The van der Waals surface area contributed by atoms with Crippen molar-refractivity contribution >= 4 is 0 Å². The Kier molecular flexibility index (Phi) is 8.99. The second-order valence-electron chi connectivity index (χ2n) is 3.84. The van der Waals surface area contributed by atoms with Crippen molar-refractivity contribution in [2.24, 2.45) is 0 Å². The van der Waals surface area contributed by atoms with E-state index in [0.717, 1.165) is 24.8 Å². The van der Waals surface area contributed by atoms with E-state index in [2.05, 4.69) is 6.92 Å². The predicted octanol–water partition coefficient (Wildman–Crippen LogP) is 3.21. The van der Waals surface area contributed by atoms with Crippen molar-refractivity contribution in [3.05, 3.63) is 65.7 Å². The molecule has 0 heterocycles. The Morgan fingerprint density at radius 2 is 2.00 bits per heavy atom.